The fourth-order valence-corrected chi connectivity index (χ4v) is 9.92. The number of benzene rings is 4. The maximum absolute atomic E-state index is 15.6. The fourth-order valence-electron chi connectivity index (χ4n) is 9.47. The number of imide groups is 2. The monoisotopic (exact) mass is 809 g/mol. The Morgan fingerprint density at radius 2 is 1.49 bits per heavy atom. The molecule has 6 atom stereocenters. The van der Waals surface area contributed by atoms with E-state index in [9.17, 15) is 19.5 Å². The van der Waals surface area contributed by atoms with Crippen molar-refractivity contribution in [3.05, 3.63) is 117 Å². The van der Waals surface area contributed by atoms with Gasteiger partial charge in [-0.2, -0.15) is 5.01 Å². The van der Waals surface area contributed by atoms with E-state index in [1.54, 1.807) is 60.7 Å². The second-order valence-electron chi connectivity index (χ2n) is 14.6. The number of nitrogens with one attached hydrogen (secondary N) is 1. The number of fused-ring (bicyclic) bond motifs is 4. The fraction of sp³-hybridized carbons (Fsp3) is 0.279. The first-order valence-corrected chi connectivity index (χ1v) is 19.0. The van der Waals surface area contributed by atoms with E-state index in [4.69, 9.17) is 37.4 Å². The number of hydrogen-bond donors (Lipinski definition) is 2. The van der Waals surface area contributed by atoms with Crippen molar-refractivity contribution in [3.8, 4) is 23.0 Å². The highest BCUT2D eigenvalue weighted by Crippen LogP contribution is 2.66. The lowest BCUT2D eigenvalue weighted by Gasteiger charge is -2.51. The first-order valence-electron chi connectivity index (χ1n) is 18.2. The third-order valence-electron chi connectivity index (χ3n) is 11.9. The minimum Gasteiger partial charge on any atom is -0.508 e. The van der Waals surface area contributed by atoms with Gasteiger partial charge in [0.1, 0.15) is 23.0 Å². The molecule has 2 saturated heterocycles. The number of ether oxygens (including phenoxy) is 3. The Morgan fingerprint density at radius 3 is 2.09 bits per heavy atom. The summed E-state index contributed by atoms with van der Waals surface area (Å²) < 4.78 is 17.3. The Kier molecular flexibility index (Phi) is 9.52. The van der Waals surface area contributed by atoms with E-state index < -0.39 is 58.6 Å². The maximum atomic E-state index is 15.6. The number of anilines is 2. The highest BCUT2D eigenvalue weighted by molar-refractivity contribution is 6.36. The molecular formula is C43H37Cl2N3O9. The largest absolute Gasteiger partial charge is 0.508 e. The van der Waals surface area contributed by atoms with Gasteiger partial charge >= 0.3 is 0 Å². The van der Waals surface area contributed by atoms with Gasteiger partial charge in [0.2, 0.25) is 11.8 Å². The Balaban J connectivity index is 1.36. The molecule has 8 rings (SSSR count). The number of rotatable bonds is 9. The quantitative estimate of drug-likeness (QED) is 0.102. The molecule has 0 unspecified atom stereocenters. The van der Waals surface area contributed by atoms with E-state index in [0.29, 0.717) is 38.7 Å². The number of carbonyl (C=O) groups excluding carboxylic acids is 5. The number of phenols is 1. The lowest BCUT2D eigenvalue weighted by Crippen LogP contribution is -2.53. The van der Waals surface area contributed by atoms with Crippen LogP contribution in [0.25, 0.3) is 0 Å². The molecule has 2 N–H and O–H groups in total. The topological polar surface area (TPSA) is 152 Å². The average molecular weight is 811 g/mol. The molecule has 0 aromatic heterocycles. The standard InChI is InChI=1S/C43H37Cl2N3O9/c1-21(49)22-5-10-25(11-6-22)47-39(51)29-15-14-28-30(36(29)41(47)53)20-31-40(52)48(46-33-16-9-24(44)17-32(33)45)42(54)43(31,23-7-12-27(55-2)13-8-23)38(28)37-34(56-3)18-26(50)19-35(37)57-4/h5-14,16-19,29-31,36,38,46,50H,15,20H2,1-4H3/t29-,30+,31-,36-,38+,43+/m0/s1. The van der Waals surface area contributed by atoms with Crippen LogP contribution in [0.15, 0.2) is 90.5 Å². The lowest BCUT2D eigenvalue weighted by molar-refractivity contribution is -0.138. The summed E-state index contributed by atoms with van der Waals surface area (Å²) in [5.74, 6) is -5.99. The summed E-state index contributed by atoms with van der Waals surface area (Å²) in [6.07, 6.45) is 2.09. The van der Waals surface area contributed by atoms with Crippen LogP contribution in [0.4, 0.5) is 11.4 Å². The summed E-state index contributed by atoms with van der Waals surface area (Å²) in [7, 11) is 4.37. The molecule has 0 spiro atoms. The predicted molar refractivity (Wildman–Crippen MR) is 211 cm³/mol. The smallest absolute Gasteiger partial charge is 0.260 e. The molecule has 57 heavy (non-hydrogen) atoms. The third kappa shape index (κ3) is 5.75. The van der Waals surface area contributed by atoms with Crippen LogP contribution in [0.2, 0.25) is 10.0 Å². The van der Waals surface area contributed by atoms with Gasteiger partial charge in [0.25, 0.3) is 11.8 Å². The Morgan fingerprint density at radius 1 is 0.825 bits per heavy atom. The van der Waals surface area contributed by atoms with Crippen molar-refractivity contribution in [2.75, 3.05) is 31.7 Å². The molecule has 0 radical (unpaired) electrons. The summed E-state index contributed by atoms with van der Waals surface area (Å²) in [6.45, 7) is 1.43. The van der Waals surface area contributed by atoms with Crippen molar-refractivity contribution in [3.63, 3.8) is 0 Å². The summed E-state index contributed by atoms with van der Waals surface area (Å²) in [4.78, 5) is 72.8. The van der Waals surface area contributed by atoms with Gasteiger partial charge in [-0.1, -0.05) is 47.0 Å². The molecule has 14 heteroatoms. The summed E-state index contributed by atoms with van der Waals surface area (Å²) >= 11 is 12.8. The van der Waals surface area contributed by atoms with Gasteiger partial charge in [0, 0.05) is 34.2 Å². The number of hydrogen-bond acceptors (Lipinski definition) is 10. The second kappa shape index (κ2) is 14.3. The number of ketones is 1. The number of allylic oxidation sites excluding steroid dienone is 2. The number of amides is 4. The van der Waals surface area contributed by atoms with E-state index in [2.05, 4.69) is 5.43 Å². The highest BCUT2D eigenvalue weighted by Gasteiger charge is 2.71. The number of hydrazine groups is 1. The number of methoxy groups -OCH3 is 3. The van der Waals surface area contributed by atoms with Gasteiger partial charge in [-0.05, 0) is 85.8 Å². The lowest BCUT2D eigenvalue weighted by atomic mass is 9.49. The molecule has 4 amide bonds. The van der Waals surface area contributed by atoms with Gasteiger partial charge in [0.05, 0.1) is 60.9 Å². The summed E-state index contributed by atoms with van der Waals surface area (Å²) in [5.41, 5.74) is 3.78. The van der Waals surface area contributed by atoms with Crippen LogP contribution in [0, 0.1) is 23.7 Å². The first kappa shape index (κ1) is 38.0. The molecule has 292 valence electrons. The first-order chi connectivity index (χ1) is 27.3. The Labute approximate surface area is 337 Å². The van der Waals surface area contributed by atoms with Crippen molar-refractivity contribution >= 4 is 64.0 Å². The molecule has 4 aromatic rings. The second-order valence-corrected chi connectivity index (χ2v) is 15.4. The normalized spacial score (nSPS) is 25.1. The van der Waals surface area contributed by atoms with E-state index in [-0.39, 0.29) is 46.6 Å². The molecule has 2 heterocycles. The van der Waals surface area contributed by atoms with Crippen LogP contribution >= 0.6 is 23.2 Å². The summed E-state index contributed by atoms with van der Waals surface area (Å²) in [6, 6.07) is 20.6. The zero-order valence-corrected chi connectivity index (χ0v) is 32.8. The van der Waals surface area contributed by atoms with Crippen molar-refractivity contribution in [1.82, 2.24) is 5.01 Å². The van der Waals surface area contributed by atoms with Gasteiger partial charge in [0.15, 0.2) is 5.78 Å². The number of halogens is 2. The van der Waals surface area contributed by atoms with Crippen molar-refractivity contribution < 1.29 is 43.3 Å². The highest BCUT2D eigenvalue weighted by atomic mass is 35.5. The van der Waals surface area contributed by atoms with Gasteiger partial charge in [-0.15, -0.1) is 0 Å². The van der Waals surface area contributed by atoms with Crippen LogP contribution in [0.5, 0.6) is 23.0 Å². The SMILES string of the molecule is COc1ccc([C@@]23C(=O)N(Nc4ccc(Cl)cc4Cl)C(=O)[C@@H]2C[C@@H]2C(=CC[C@@H]4C(=O)N(c5ccc(C(C)=O)cc5)C(=O)[C@@H]42)[C@@H]3c2c(OC)cc(O)cc2OC)cc1. The average Bonchev–Trinajstić information content (AvgIpc) is 3.59. The molecule has 2 aliphatic carbocycles. The van der Waals surface area contributed by atoms with Gasteiger partial charge < -0.3 is 19.3 Å². The van der Waals surface area contributed by atoms with Crippen molar-refractivity contribution in [2.45, 2.75) is 31.1 Å². The number of aromatic hydroxyl groups is 1. The van der Waals surface area contributed by atoms with Crippen LogP contribution < -0.4 is 24.5 Å². The molecule has 12 nitrogen and oxygen atoms in total. The number of nitrogens with zero attached hydrogens (tertiary/aromatic N) is 2. The van der Waals surface area contributed by atoms with Gasteiger partial charge in [-0.25, -0.2) is 0 Å². The van der Waals surface area contributed by atoms with Crippen molar-refractivity contribution in [2.24, 2.45) is 23.7 Å². The predicted octanol–water partition coefficient (Wildman–Crippen LogP) is 7.12. The molecule has 1 saturated carbocycles. The van der Waals surface area contributed by atoms with Crippen LogP contribution in [-0.4, -0.2) is 60.9 Å². The van der Waals surface area contributed by atoms with Crippen molar-refractivity contribution in [1.29, 1.82) is 0 Å². The van der Waals surface area contributed by atoms with Crippen LogP contribution in [0.1, 0.15) is 47.2 Å². The van der Waals surface area contributed by atoms with E-state index in [1.165, 1.54) is 46.5 Å². The van der Waals surface area contributed by atoms with Crippen LogP contribution in [0.3, 0.4) is 0 Å². The maximum Gasteiger partial charge on any atom is 0.260 e. The summed E-state index contributed by atoms with van der Waals surface area (Å²) in [5, 5.41) is 12.3. The molecule has 4 aromatic carbocycles. The molecule has 0 bridgehead atoms. The minimum atomic E-state index is -1.70. The van der Waals surface area contributed by atoms with E-state index >= 15 is 9.59 Å². The number of phenolic OH excluding ortho intramolecular Hbond substituents is 1. The van der Waals surface area contributed by atoms with Gasteiger partial charge in [-0.3, -0.25) is 34.3 Å². The molecule has 2 aliphatic heterocycles. The number of Topliss-reactive ketones (excluding diaryl/α,β-unsaturated/α-hetero) is 1. The number of carbonyl (C=O) groups is 5. The minimum absolute atomic E-state index is 0.0193. The van der Waals surface area contributed by atoms with Crippen LogP contribution in [-0.2, 0) is 24.6 Å². The molecule has 3 fully saturated rings. The molecule has 4 aliphatic rings. The Hall–Kier alpha value is -5.85. The van der Waals surface area contributed by atoms with E-state index in [1.807, 2.05) is 6.08 Å². The third-order valence-corrected chi connectivity index (χ3v) is 12.5. The zero-order valence-electron chi connectivity index (χ0n) is 31.2. The Bertz CT molecular complexity index is 2370. The zero-order chi connectivity index (χ0) is 40.5. The van der Waals surface area contributed by atoms with E-state index in [0.717, 1.165) is 9.91 Å². The molecular weight excluding hydrogens is 773 g/mol.